The summed E-state index contributed by atoms with van der Waals surface area (Å²) in [6.45, 7) is 1.06. The van der Waals surface area contributed by atoms with Crippen LogP contribution in [0, 0.1) is 5.41 Å². The Hall–Kier alpha value is -9.33. The van der Waals surface area contributed by atoms with Crippen molar-refractivity contribution >= 4 is 17.9 Å². The first-order chi connectivity index (χ1) is 41.5. The van der Waals surface area contributed by atoms with Gasteiger partial charge in [-0.1, -0.05) is 225 Å². The molecule has 0 saturated heterocycles. The van der Waals surface area contributed by atoms with E-state index in [2.05, 4.69) is 0 Å². The second kappa shape index (κ2) is 34.4. The fourth-order valence-corrected chi connectivity index (χ4v) is 9.54. The molecule has 12 heteroatoms. The van der Waals surface area contributed by atoms with Crippen molar-refractivity contribution in [3.8, 4) is 17.2 Å². The first-order valence-corrected chi connectivity index (χ1v) is 28.8. The molecule has 0 unspecified atom stereocenters. The minimum Gasteiger partial charge on any atom is -0.507 e. The van der Waals surface area contributed by atoms with Gasteiger partial charge in [-0.25, -0.2) is 0 Å². The zero-order valence-corrected chi connectivity index (χ0v) is 48.6. The number of carboxylic acid groups (broad SMARTS) is 3. The Morgan fingerprint density at radius 3 is 0.581 bits per heavy atom. The van der Waals surface area contributed by atoms with Gasteiger partial charge in [-0.05, 0) is 103 Å². The molecular weight excluding hydrogens is 1080 g/mol. The number of hydrogen-bond donors (Lipinski definition) is 9. The molecule has 0 fully saturated rings. The normalized spacial score (nSPS) is 10.7. The topological polar surface area (TPSA) is 233 Å². The number of carboxylic acids is 3. The molecule has 0 heterocycles. The van der Waals surface area contributed by atoms with Crippen LogP contribution in [0.4, 0.5) is 0 Å². The van der Waals surface area contributed by atoms with Crippen LogP contribution < -0.4 is 0 Å². The zero-order valence-electron chi connectivity index (χ0n) is 48.6. The summed E-state index contributed by atoms with van der Waals surface area (Å²) in [4.78, 5) is 32.8. The van der Waals surface area contributed by atoms with Gasteiger partial charge in [0, 0.05) is 63.2 Å². The molecule has 0 saturated carbocycles. The van der Waals surface area contributed by atoms with Crippen molar-refractivity contribution in [2.24, 2.45) is 5.41 Å². The average molecular weight is 1160 g/mol. The molecule has 0 aliphatic rings. The summed E-state index contributed by atoms with van der Waals surface area (Å²) in [5, 5.41) is 84.8. The van der Waals surface area contributed by atoms with Crippen LogP contribution >= 0.6 is 0 Å². The Morgan fingerprint density at radius 1 is 0.291 bits per heavy atom. The highest BCUT2D eigenvalue weighted by molar-refractivity contribution is 5.68. The minimum atomic E-state index is -0.813. The molecule has 0 aliphatic heterocycles. The summed E-state index contributed by atoms with van der Waals surface area (Å²) >= 11 is 0. The van der Waals surface area contributed by atoms with Crippen molar-refractivity contribution in [1.29, 1.82) is 0 Å². The SMILES string of the molecule is CC(CO)(CO)CO.O=C(O)CCc1cc(Cc2ccccc2)c(O)c(Cc2ccccc2)c1.O=C(O)CCc1cc(Cc2ccccc2)c(O)c(Cc2ccccc2)c1.O=C(O)CCc1cc(Cc2ccccc2)c(O)c(Cc2ccccc2)c1. The number of aryl methyl sites for hydroxylation is 3. The molecule has 0 amide bonds. The van der Waals surface area contributed by atoms with E-state index < -0.39 is 23.3 Å². The van der Waals surface area contributed by atoms with Gasteiger partial charge in [-0.2, -0.15) is 0 Å². The van der Waals surface area contributed by atoms with Crippen molar-refractivity contribution in [2.45, 2.75) is 84.0 Å². The lowest BCUT2D eigenvalue weighted by Crippen LogP contribution is -2.29. The molecule has 0 aromatic heterocycles. The quantitative estimate of drug-likeness (QED) is 0.0275. The summed E-state index contributed by atoms with van der Waals surface area (Å²) in [6.07, 6.45) is 5.35. The van der Waals surface area contributed by atoms with Gasteiger partial charge in [0.2, 0.25) is 0 Å². The maximum absolute atomic E-state index is 10.9. The van der Waals surface area contributed by atoms with E-state index in [-0.39, 0.29) is 39.1 Å². The van der Waals surface area contributed by atoms with Gasteiger partial charge in [0.25, 0.3) is 0 Å². The van der Waals surface area contributed by atoms with Crippen LogP contribution in [0.25, 0.3) is 0 Å². The van der Waals surface area contributed by atoms with Gasteiger partial charge in [-0.15, -0.1) is 0 Å². The van der Waals surface area contributed by atoms with Crippen LogP contribution in [0.3, 0.4) is 0 Å². The molecule has 0 aliphatic carbocycles. The molecule has 9 rings (SSSR count). The number of hydrogen-bond acceptors (Lipinski definition) is 9. The van der Waals surface area contributed by atoms with Crippen molar-refractivity contribution in [3.05, 3.63) is 302 Å². The maximum atomic E-state index is 10.9. The van der Waals surface area contributed by atoms with Crippen molar-refractivity contribution in [1.82, 2.24) is 0 Å². The lowest BCUT2D eigenvalue weighted by Gasteiger charge is -2.20. The number of aliphatic carboxylic acids is 3. The van der Waals surface area contributed by atoms with Gasteiger partial charge >= 0.3 is 17.9 Å². The Morgan fingerprint density at radius 2 is 0.453 bits per heavy atom. The summed E-state index contributed by atoms with van der Waals surface area (Å²) in [7, 11) is 0. The monoisotopic (exact) mass is 1160 g/mol. The van der Waals surface area contributed by atoms with Gasteiger partial charge in [-0.3, -0.25) is 14.4 Å². The third-order valence-corrected chi connectivity index (χ3v) is 14.4. The molecule has 0 radical (unpaired) electrons. The highest BCUT2D eigenvalue weighted by Gasteiger charge is 2.20. The average Bonchev–Trinajstić information content (AvgIpc) is 3.70. The van der Waals surface area contributed by atoms with Crippen LogP contribution in [0.15, 0.2) is 218 Å². The minimum absolute atomic E-state index is 0.0837. The van der Waals surface area contributed by atoms with Crippen molar-refractivity contribution in [2.75, 3.05) is 19.8 Å². The van der Waals surface area contributed by atoms with Gasteiger partial charge in [0.1, 0.15) is 17.2 Å². The number of carbonyl (C=O) groups is 3. The number of phenolic OH excluding ortho intramolecular Hbond substituents is 3. The molecule has 9 aromatic carbocycles. The smallest absolute Gasteiger partial charge is 0.303 e. The Kier molecular flexibility index (Phi) is 26.4. The Labute approximate surface area is 504 Å². The fourth-order valence-electron chi connectivity index (χ4n) is 9.54. The van der Waals surface area contributed by atoms with E-state index in [1.807, 2.05) is 218 Å². The predicted molar refractivity (Wildman–Crippen MR) is 337 cm³/mol. The van der Waals surface area contributed by atoms with Gasteiger partial charge < -0.3 is 46.0 Å². The molecule has 0 atom stereocenters. The van der Waals surface area contributed by atoms with Crippen LogP contribution in [0.1, 0.15) is 110 Å². The van der Waals surface area contributed by atoms with Crippen LogP contribution in [-0.4, -0.2) is 83.7 Å². The third kappa shape index (κ3) is 22.3. The number of aromatic hydroxyl groups is 3. The number of aliphatic hydroxyl groups excluding tert-OH is 3. The molecule has 0 bridgehead atoms. The first kappa shape index (κ1) is 65.8. The van der Waals surface area contributed by atoms with E-state index in [0.717, 1.165) is 83.5 Å². The van der Waals surface area contributed by atoms with E-state index in [0.29, 0.717) is 75.0 Å². The molecule has 9 N–H and O–H groups in total. The number of phenols is 3. The number of benzene rings is 9. The predicted octanol–water partition coefficient (Wildman–Crippen LogP) is 12.7. The molecule has 9 aromatic rings. The Balaban J connectivity index is 0.000000194. The highest BCUT2D eigenvalue weighted by Crippen LogP contribution is 2.33. The van der Waals surface area contributed by atoms with Gasteiger partial charge in [0.15, 0.2) is 0 Å². The number of aliphatic hydroxyl groups is 3. The fraction of sp³-hybridized carbons (Fsp3) is 0.230. The van der Waals surface area contributed by atoms with Crippen LogP contribution in [-0.2, 0) is 72.2 Å². The first-order valence-electron chi connectivity index (χ1n) is 28.8. The summed E-state index contributed by atoms with van der Waals surface area (Å²) in [5.74, 6) is -1.53. The molecule has 12 nitrogen and oxygen atoms in total. The maximum Gasteiger partial charge on any atom is 0.303 e. The van der Waals surface area contributed by atoms with Crippen molar-refractivity contribution < 1.29 is 60.3 Å². The van der Waals surface area contributed by atoms with E-state index in [1.165, 1.54) is 0 Å². The summed E-state index contributed by atoms with van der Waals surface area (Å²) in [6, 6.07) is 71.4. The molecular formula is C74H78O12. The highest BCUT2D eigenvalue weighted by atomic mass is 16.4. The summed E-state index contributed by atoms with van der Waals surface area (Å²) < 4.78 is 0. The zero-order chi connectivity index (χ0) is 61.7. The number of rotatable bonds is 24. The van der Waals surface area contributed by atoms with E-state index >= 15 is 0 Å². The van der Waals surface area contributed by atoms with Crippen LogP contribution in [0.5, 0.6) is 17.2 Å². The lowest BCUT2D eigenvalue weighted by molar-refractivity contribution is -0.138. The third-order valence-electron chi connectivity index (χ3n) is 14.4. The standard InChI is InChI=1S/3C23H22O3.C5H12O3/c3*24-22(25)12-11-19-15-20(13-17-7-3-1-4-8-17)23(26)21(16-19)14-18-9-5-2-6-10-18;1-5(2-6,3-7)4-8/h3*1-10,15-16,26H,11-14H2,(H,24,25);6-8H,2-4H2,1H3. The van der Waals surface area contributed by atoms with E-state index in [4.69, 9.17) is 30.6 Å². The van der Waals surface area contributed by atoms with E-state index in [9.17, 15) is 29.7 Å². The molecule has 0 spiro atoms. The van der Waals surface area contributed by atoms with Crippen LogP contribution in [0.2, 0.25) is 0 Å². The lowest BCUT2D eigenvalue weighted by atomic mass is 9.93. The second-order valence-electron chi connectivity index (χ2n) is 21.7. The summed E-state index contributed by atoms with van der Waals surface area (Å²) in [5.41, 5.74) is 13.8. The molecule has 86 heavy (non-hydrogen) atoms. The van der Waals surface area contributed by atoms with Gasteiger partial charge in [0.05, 0.1) is 19.8 Å². The largest absolute Gasteiger partial charge is 0.507 e. The Bertz CT molecular complexity index is 2940. The van der Waals surface area contributed by atoms with E-state index in [1.54, 1.807) is 6.92 Å². The van der Waals surface area contributed by atoms with Crippen molar-refractivity contribution in [3.63, 3.8) is 0 Å². The second-order valence-corrected chi connectivity index (χ2v) is 21.7. The molecule has 446 valence electrons.